The second kappa shape index (κ2) is 12.7. The molecule has 0 aromatic carbocycles. The van der Waals surface area contributed by atoms with E-state index in [-0.39, 0.29) is 41.4 Å². The minimum atomic E-state index is -0.550. The number of ether oxygens (including phenoxy) is 2. The largest absolute Gasteiger partial charge is 2.00 e. The van der Waals surface area contributed by atoms with E-state index in [2.05, 4.69) is 9.97 Å². The summed E-state index contributed by atoms with van der Waals surface area (Å²) in [5, 5.41) is 0. The Hall–Kier alpha value is -5.52. The van der Waals surface area contributed by atoms with Crippen LogP contribution in [0, 0.1) is 0 Å². The topological polar surface area (TPSA) is 142 Å². The molecule has 2 aliphatic rings. The molecule has 8 bridgehead atoms. The molecular formula is C34H28MnN8O4. The number of aromatic nitrogens is 8. The van der Waals surface area contributed by atoms with Gasteiger partial charge in [0.05, 0.1) is 47.1 Å². The molecule has 0 fully saturated rings. The molecule has 0 saturated carbocycles. The van der Waals surface area contributed by atoms with Crippen molar-refractivity contribution in [1.82, 2.24) is 39.0 Å². The molecule has 5 aromatic rings. The van der Waals surface area contributed by atoms with Crippen molar-refractivity contribution in [3.8, 4) is 22.8 Å². The van der Waals surface area contributed by atoms with E-state index < -0.39 is 11.9 Å². The summed E-state index contributed by atoms with van der Waals surface area (Å²) in [6.07, 6.45) is 14.1. The molecule has 0 atom stereocenters. The van der Waals surface area contributed by atoms with Crippen molar-refractivity contribution in [1.29, 1.82) is 0 Å². The number of aryl methyl sites for hydroxylation is 2. The van der Waals surface area contributed by atoms with Gasteiger partial charge in [-0.05, 0) is 38.2 Å². The van der Waals surface area contributed by atoms with Crippen LogP contribution in [0.3, 0.4) is 0 Å². The van der Waals surface area contributed by atoms with E-state index in [9.17, 15) is 9.59 Å². The second-order valence-electron chi connectivity index (χ2n) is 10.5. The van der Waals surface area contributed by atoms with Gasteiger partial charge in [0.2, 0.25) is 0 Å². The molecule has 0 saturated heterocycles. The van der Waals surface area contributed by atoms with Crippen molar-refractivity contribution in [3.05, 3.63) is 83.0 Å². The molecular weight excluding hydrogens is 639 g/mol. The first-order valence-electron chi connectivity index (χ1n) is 14.7. The number of nitrogens with zero attached hydrogens (tertiary/aromatic N) is 8. The summed E-state index contributed by atoms with van der Waals surface area (Å²) in [5.41, 5.74) is 5.31. The first-order chi connectivity index (χ1) is 22.4. The smallest absolute Gasteiger partial charge is 0.656 e. The normalized spacial score (nSPS) is 11.8. The SMILES string of the molecule is CCOC(=O)c1c2nc(c(-c3nccn3C)c3ccc([n-]3)c(C(=O)OCC)c3nc(c(-c4nccn4C)c4ccc1[n-]4)C=C3)C=C2.[Mn+2]. The van der Waals surface area contributed by atoms with Crippen LogP contribution in [-0.4, -0.2) is 54.2 Å². The van der Waals surface area contributed by atoms with E-state index >= 15 is 0 Å². The number of carbonyl (C=O) groups excluding carboxylic acids is 2. The van der Waals surface area contributed by atoms with Crippen LogP contribution < -0.4 is 9.97 Å². The molecule has 235 valence electrons. The summed E-state index contributed by atoms with van der Waals surface area (Å²) >= 11 is 0. The van der Waals surface area contributed by atoms with Crippen LogP contribution in [0.5, 0.6) is 0 Å². The average Bonchev–Trinajstić information content (AvgIpc) is 3.87. The average molecular weight is 668 g/mol. The van der Waals surface area contributed by atoms with Gasteiger partial charge < -0.3 is 28.6 Å². The summed E-state index contributed by atoms with van der Waals surface area (Å²) in [5.74, 6) is 0.0994. The molecule has 12 nitrogen and oxygen atoms in total. The van der Waals surface area contributed by atoms with E-state index in [0.717, 1.165) is 0 Å². The Kier molecular flexibility index (Phi) is 8.50. The summed E-state index contributed by atoms with van der Waals surface area (Å²) < 4.78 is 14.7. The molecule has 7 heterocycles. The molecule has 0 N–H and O–H groups in total. The van der Waals surface area contributed by atoms with E-state index in [1.807, 2.05) is 35.6 Å². The number of hydrogen-bond donors (Lipinski definition) is 0. The van der Waals surface area contributed by atoms with Crippen molar-refractivity contribution in [2.45, 2.75) is 13.8 Å². The van der Waals surface area contributed by atoms with Gasteiger partial charge in [-0.1, -0.05) is 24.3 Å². The van der Waals surface area contributed by atoms with Gasteiger partial charge in [0.25, 0.3) is 0 Å². The van der Waals surface area contributed by atoms with E-state index in [0.29, 0.717) is 67.6 Å². The number of imidazole rings is 2. The molecule has 5 aromatic heterocycles. The number of rotatable bonds is 6. The Bertz CT molecular complexity index is 2110. The molecule has 1 radical (unpaired) electrons. The van der Waals surface area contributed by atoms with Crippen LogP contribution in [0.25, 0.3) is 69.1 Å². The molecule has 0 amide bonds. The zero-order valence-electron chi connectivity index (χ0n) is 25.9. The molecule has 0 unspecified atom stereocenters. The maximum atomic E-state index is 13.5. The van der Waals surface area contributed by atoms with Gasteiger partial charge in [0.1, 0.15) is 11.6 Å². The van der Waals surface area contributed by atoms with E-state index in [4.69, 9.17) is 29.4 Å². The predicted octanol–water partition coefficient (Wildman–Crippen LogP) is 5.07. The van der Waals surface area contributed by atoms with Crippen molar-refractivity contribution >= 4 is 58.3 Å². The minimum Gasteiger partial charge on any atom is -0.656 e. The third kappa shape index (κ3) is 5.49. The van der Waals surface area contributed by atoms with Gasteiger partial charge in [0, 0.05) is 50.0 Å². The van der Waals surface area contributed by atoms with Crippen molar-refractivity contribution < 1.29 is 36.1 Å². The molecule has 47 heavy (non-hydrogen) atoms. The van der Waals surface area contributed by atoms with Crippen LogP contribution in [0.15, 0.2) is 49.1 Å². The Morgan fingerprint density at radius 2 is 1.02 bits per heavy atom. The van der Waals surface area contributed by atoms with Crippen LogP contribution in [0.4, 0.5) is 0 Å². The quantitative estimate of drug-likeness (QED) is 0.174. The van der Waals surface area contributed by atoms with E-state index in [1.54, 1.807) is 74.8 Å². The zero-order chi connectivity index (χ0) is 31.9. The minimum absolute atomic E-state index is 0. The van der Waals surface area contributed by atoms with E-state index in [1.165, 1.54) is 0 Å². The summed E-state index contributed by atoms with van der Waals surface area (Å²) in [6.45, 7) is 3.86. The van der Waals surface area contributed by atoms with Crippen LogP contribution in [0.1, 0.15) is 57.3 Å². The Morgan fingerprint density at radius 1 is 0.638 bits per heavy atom. The summed E-state index contributed by atoms with van der Waals surface area (Å²) in [6, 6.07) is 7.12. The van der Waals surface area contributed by atoms with Crippen molar-refractivity contribution in [2.24, 2.45) is 14.1 Å². The maximum absolute atomic E-state index is 13.5. The maximum Gasteiger partial charge on any atom is 2.00 e. The molecule has 2 aliphatic heterocycles. The number of fused-ring (bicyclic) bond motifs is 8. The fourth-order valence-electron chi connectivity index (χ4n) is 5.58. The molecule has 0 spiro atoms. The summed E-state index contributed by atoms with van der Waals surface area (Å²) in [4.78, 5) is 55.7. The fraction of sp³-hybridized carbons (Fsp3) is 0.176. The predicted molar refractivity (Wildman–Crippen MR) is 173 cm³/mol. The Morgan fingerprint density at radius 3 is 1.38 bits per heavy atom. The van der Waals surface area contributed by atoms with Gasteiger partial charge in [-0.15, -0.1) is 22.1 Å². The molecule has 7 rings (SSSR count). The van der Waals surface area contributed by atoms with Gasteiger partial charge in [-0.2, -0.15) is 0 Å². The Labute approximate surface area is 279 Å². The fourth-order valence-corrected chi connectivity index (χ4v) is 5.58. The molecule has 13 heteroatoms. The third-order valence-electron chi connectivity index (χ3n) is 7.66. The number of hydrogen-bond acceptors (Lipinski definition) is 8. The van der Waals surface area contributed by atoms with Gasteiger partial charge >= 0.3 is 29.0 Å². The van der Waals surface area contributed by atoms with Crippen LogP contribution in [-0.2, 0) is 40.6 Å². The molecule has 0 aliphatic carbocycles. The zero-order valence-corrected chi connectivity index (χ0v) is 27.1. The third-order valence-corrected chi connectivity index (χ3v) is 7.66. The number of esters is 2. The number of carbonyl (C=O) groups is 2. The Balaban J connectivity index is 0.00000386. The first kappa shape index (κ1) is 31.5. The standard InChI is InChI=1S/C34H29N8O4.Mn/c1-5-45-33(43)29-23-11-7-19(37-23)27(31-35-15-17-41(31)3)21-9-13-25(39-21)30(34(44)46-6-2)26-14-10-22(40-26)28(20-8-12-24(29)38-20)32-36-16-18-42(32)4;/h7-18H,5-6H2,1-4H3,(H-,35,36,37,38,39,40,43,44);/q-1;+2/p-1. The monoisotopic (exact) mass is 667 g/mol. The summed E-state index contributed by atoms with van der Waals surface area (Å²) in [7, 11) is 3.74. The van der Waals surface area contributed by atoms with Crippen LogP contribution >= 0.6 is 0 Å². The van der Waals surface area contributed by atoms with Gasteiger partial charge in [-0.25, -0.2) is 29.5 Å². The van der Waals surface area contributed by atoms with Crippen molar-refractivity contribution in [2.75, 3.05) is 13.2 Å². The van der Waals surface area contributed by atoms with Gasteiger partial charge in [0.15, 0.2) is 0 Å². The van der Waals surface area contributed by atoms with Gasteiger partial charge in [-0.3, -0.25) is 0 Å². The second-order valence-corrected chi connectivity index (χ2v) is 10.5. The van der Waals surface area contributed by atoms with Crippen LogP contribution in [0.2, 0.25) is 0 Å². The first-order valence-corrected chi connectivity index (χ1v) is 14.7. The van der Waals surface area contributed by atoms with Crippen molar-refractivity contribution in [3.63, 3.8) is 0 Å².